The quantitative estimate of drug-likeness (QED) is 0.798. The molecule has 1 aromatic rings. The highest BCUT2D eigenvalue weighted by Crippen LogP contribution is 2.31. The summed E-state index contributed by atoms with van der Waals surface area (Å²) in [4.78, 5) is 16.6. The number of benzene rings is 1. The largest absolute Gasteiger partial charge is 0.416 e. The first-order valence-corrected chi connectivity index (χ1v) is 8.00. The summed E-state index contributed by atoms with van der Waals surface area (Å²) in [5, 5.41) is 2.66. The van der Waals surface area contributed by atoms with E-state index in [1.807, 2.05) is 0 Å². The van der Waals surface area contributed by atoms with E-state index in [0.29, 0.717) is 13.1 Å². The molecule has 0 bridgehead atoms. The first-order chi connectivity index (χ1) is 11.3. The molecule has 1 saturated heterocycles. The molecule has 2 rings (SSSR count). The molecular formula is C16H23F3N4O. The number of alkyl halides is 3. The standard InChI is InChI=1S/C16H23F3N4O/c1-2-22-5-7-23(8-6-22)4-3-21-15(24)12-9-13(16(17,18)19)11-14(20)10-12/h9-11H,2-8,20H2,1H3,(H,21,24). The summed E-state index contributed by atoms with van der Waals surface area (Å²) in [7, 11) is 0. The molecule has 134 valence electrons. The van der Waals surface area contributed by atoms with Gasteiger partial charge in [0.05, 0.1) is 5.56 Å². The van der Waals surface area contributed by atoms with Crippen LogP contribution in [0.3, 0.4) is 0 Å². The van der Waals surface area contributed by atoms with E-state index in [4.69, 9.17) is 5.73 Å². The lowest BCUT2D eigenvalue weighted by Gasteiger charge is -2.33. The third kappa shape index (κ3) is 5.10. The summed E-state index contributed by atoms with van der Waals surface area (Å²) in [6.07, 6.45) is -4.52. The maximum atomic E-state index is 12.8. The monoisotopic (exact) mass is 344 g/mol. The molecule has 0 atom stereocenters. The zero-order valence-electron chi connectivity index (χ0n) is 13.7. The van der Waals surface area contributed by atoms with Gasteiger partial charge in [0.2, 0.25) is 0 Å². The summed E-state index contributed by atoms with van der Waals surface area (Å²) in [5.74, 6) is -0.542. The minimum Gasteiger partial charge on any atom is -0.399 e. The van der Waals surface area contributed by atoms with Crippen LogP contribution in [-0.4, -0.2) is 61.5 Å². The minimum absolute atomic E-state index is 0.0712. The molecule has 1 aliphatic heterocycles. The molecule has 0 aromatic heterocycles. The molecule has 1 fully saturated rings. The van der Waals surface area contributed by atoms with Crippen molar-refractivity contribution in [2.45, 2.75) is 13.1 Å². The number of nitrogen functional groups attached to an aromatic ring is 1. The van der Waals surface area contributed by atoms with Gasteiger partial charge in [-0.2, -0.15) is 13.2 Å². The van der Waals surface area contributed by atoms with Crippen molar-refractivity contribution in [1.29, 1.82) is 0 Å². The first kappa shape index (κ1) is 18.5. The Morgan fingerprint density at radius 1 is 1.17 bits per heavy atom. The average molecular weight is 344 g/mol. The van der Waals surface area contributed by atoms with E-state index in [1.165, 1.54) is 6.07 Å². The predicted molar refractivity (Wildman–Crippen MR) is 86.7 cm³/mol. The van der Waals surface area contributed by atoms with Crippen LogP contribution in [0.4, 0.5) is 18.9 Å². The minimum atomic E-state index is -4.52. The summed E-state index contributed by atoms with van der Waals surface area (Å²) >= 11 is 0. The third-order valence-corrected chi connectivity index (χ3v) is 4.17. The summed E-state index contributed by atoms with van der Waals surface area (Å²) in [6.45, 7) is 8.07. The van der Waals surface area contributed by atoms with E-state index in [1.54, 1.807) is 0 Å². The molecule has 0 saturated carbocycles. The van der Waals surface area contributed by atoms with Crippen molar-refractivity contribution in [3.63, 3.8) is 0 Å². The number of hydrogen-bond acceptors (Lipinski definition) is 4. The molecule has 0 aliphatic carbocycles. The van der Waals surface area contributed by atoms with Gasteiger partial charge in [-0.25, -0.2) is 0 Å². The molecule has 24 heavy (non-hydrogen) atoms. The fourth-order valence-electron chi connectivity index (χ4n) is 2.71. The van der Waals surface area contributed by atoms with Gasteiger partial charge >= 0.3 is 6.18 Å². The van der Waals surface area contributed by atoms with Gasteiger partial charge in [-0.3, -0.25) is 9.69 Å². The van der Waals surface area contributed by atoms with Crippen LogP contribution in [0.2, 0.25) is 0 Å². The Bertz CT molecular complexity index is 569. The van der Waals surface area contributed by atoms with Crippen LogP contribution in [0.15, 0.2) is 18.2 Å². The number of piperazine rings is 1. The van der Waals surface area contributed by atoms with Crippen molar-refractivity contribution in [3.8, 4) is 0 Å². The second-order valence-corrected chi connectivity index (χ2v) is 5.87. The second-order valence-electron chi connectivity index (χ2n) is 5.87. The zero-order valence-corrected chi connectivity index (χ0v) is 13.7. The van der Waals surface area contributed by atoms with Crippen LogP contribution in [0.1, 0.15) is 22.8 Å². The molecule has 0 unspecified atom stereocenters. The number of halogens is 3. The van der Waals surface area contributed by atoms with Gasteiger partial charge in [-0.1, -0.05) is 6.92 Å². The molecule has 8 heteroatoms. The Labute approximate surface area is 139 Å². The van der Waals surface area contributed by atoms with Crippen LogP contribution in [0, 0.1) is 0 Å². The topological polar surface area (TPSA) is 61.6 Å². The lowest BCUT2D eigenvalue weighted by atomic mass is 10.1. The highest BCUT2D eigenvalue weighted by atomic mass is 19.4. The average Bonchev–Trinajstić information content (AvgIpc) is 2.54. The lowest BCUT2D eigenvalue weighted by molar-refractivity contribution is -0.137. The van der Waals surface area contributed by atoms with Crippen molar-refractivity contribution in [1.82, 2.24) is 15.1 Å². The van der Waals surface area contributed by atoms with Gasteiger partial charge in [0.1, 0.15) is 0 Å². The Morgan fingerprint density at radius 3 is 2.38 bits per heavy atom. The fourth-order valence-corrected chi connectivity index (χ4v) is 2.71. The molecule has 0 spiro atoms. The fraction of sp³-hybridized carbons (Fsp3) is 0.562. The molecular weight excluding hydrogens is 321 g/mol. The summed E-state index contributed by atoms with van der Waals surface area (Å²) in [5.41, 5.74) is 4.41. The van der Waals surface area contributed by atoms with Crippen LogP contribution >= 0.6 is 0 Å². The van der Waals surface area contributed by atoms with Crippen LogP contribution in [-0.2, 0) is 6.18 Å². The molecule has 0 radical (unpaired) electrons. The van der Waals surface area contributed by atoms with Gasteiger partial charge in [0.15, 0.2) is 0 Å². The van der Waals surface area contributed by atoms with Gasteiger partial charge in [-0.15, -0.1) is 0 Å². The number of carbonyl (C=O) groups is 1. The van der Waals surface area contributed by atoms with Gasteiger partial charge < -0.3 is 16.0 Å². The summed E-state index contributed by atoms with van der Waals surface area (Å²) < 4.78 is 38.3. The lowest BCUT2D eigenvalue weighted by Crippen LogP contribution is -2.48. The van der Waals surface area contributed by atoms with Gasteiger partial charge in [-0.05, 0) is 24.7 Å². The van der Waals surface area contributed by atoms with E-state index < -0.39 is 17.6 Å². The Hall–Kier alpha value is -1.80. The number of carbonyl (C=O) groups excluding carboxylic acids is 1. The zero-order chi connectivity index (χ0) is 17.7. The molecule has 1 aromatic carbocycles. The highest BCUT2D eigenvalue weighted by Gasteiger charge is 2.31. The van der Waals surface area contributed by atoms with E-state index in [2.05, 4.69) is 22.0 Å². The van der Waals surface area contributed by atoms with Crippen LogP contribution in [0.25, 0.3) is 0 Å². The number of nitrogens with two attached hydrogens (primary N) is 1. The molecule has 5 nitrogen and oxygen atoms in total. The van der Waals surface area contributed by atoms with Crippen LogP contribution in [0.5, 0.6) is 0 Å². The Kier molecular flexibility index (Phi) is 6.06. The predicted octanol–water partition coefficient (Wildman–Crippen LogP) is 1.65. The van der Waals surface area contributed by atoms with E-state index in [0.717, 1.165) is 44.9 Å². The number of hydrogen-bond donors (Lipinski definition) is 2. The second kappa shape index (κ2) is 7.85. The number of anilines is 1. The van der Waals surface area contributed by atoms with Crippen molar-refractivity contribution in [2.75, 3.05) is 51.5 Å². The number of nitrogens with one attached hydrogen (secondary N) is 1. The maximum absolute atomic E-state index is 12.8. The number of nitrogens with zero attached hydrogens (tertiary/aromatic N) is 2. The number of likely N-dealkylation sites (N-methyl/N-ethyl adjacent to an activating group) is 1. The highest BCUT2D eigenvalue weighted by molar-refractivity contribution is 5.95. The third-order valence-electron chi connectivity index (χ3n) is 4.17. The van der Waals surface area contributed by atoms with Crippen molar-refractivity contribution < 1.29 is 18.0 Å². The van der Waals surface area contributed by atoms with Gasteiger partial charge in [0, 0.05) is 50.5 Å². The van der Waals surface area contributed by atoms with E-state index in [9.17, 15) is 18.0 Å². The molecule has 3 N–H and O–H groups in total. The molecule has 1 amide bonds. The van der Waals surface area contributed by atoms with Crippen LogP contribution < -0.4 is 11.1 Å². The normalized spacial score (nSPS) is 17.0. The first-order valence-electron chi connectivity index (χ1n) is 8.00. The Balaban J connectivity index is 1.86. The maximum Gasteiger partial charge on any atom is 0.416 e. The molecule has 1 aliphatic rings. The SMILES string of the molecule is CCN1CCN(CCNC(=O)c2cc(N)cc(C(F)(F)F)c2)CC1. The smallest absolute Gasteiger partial charge is 0.399 e. The number of rotatable bonds is 5. The Morgan fingerprint density at radius 2 is 1.79 bits per heavy atom. The van der Waals surface area contributed by atoms with Gasteiger partial charge in [0.25, 0.3) is 5.91 Å². The molecule has 1 heterocycles. The van der Waals surface area contributed by atoms with Crippen molar-refractivity contribution in [2.24, 2.45) is 0 Å². The number of amides is 1. The summed E-state index contributed by atoms with van der Waals surface area (Å²) in [6, 6.07) is 2.90. The van der Waals surface area contributed by atoms with E-state index >= 15 is 0 Å². The van der Waals surface area contributed by atoms with Crippen molar-refractivity contribution >= 4 is 11.6 Å². The van der Waals surface area contributed by atoms with E-state index in [-0.39, 0.29) is 11.3 Å². The van der Waals surface area contributed by atoms with Crippen molar-refractivity contribution in [3.05, 3.63) is 29.3 Å².